The van der Waals surface area contributed by atoms with Crippen LogP contribution in [0.15, 0.2) is 22.2 Å². The highest BCUT2D eigenvalue weighted by Crippen LogP contribution is 2.39. The fourth-order valence-electron chi connectivity index (χ4n) is 4.34. The molecular formula is C21H25FN4O5. The second-order valence-electron chi connectivity index (χ2n) is 7.77. The first-order chi connectivity index (χ1) is 14.9. The minimum absolute atomic E-state index is 0.00369. The molecule has 1 unspecified atom stereocenters. The molecule has 31 heavy (non-hydrogen) atoms. The second kappa shape index (κ2) is 8.18. The Bertz CT molecular complexity index is 1130. The van der Waals surface area contributed by atoms with Crippen LogP contribution in [0.1, 0.15) is 42.1 Å². The lowest BCUT2D eigenvalue weighted by atomic mass is 9.92. The maximum atomic E-state index is 15.5. The van der Waals surface area contributed by atoms with Crippen molar-refractivity contribution in [1.82, 2.24) is 10.0 Å². The summed E-state index contributed by atoms with van der Waals surface area (Å²) in [6.45, 7) is 5.35. The molecule has 1 saturated heterocycles. The average Bonchev–Trinajstić information content (AvgIpc) is 2.75. The molecule has 1 aromatic carbocycles. The van der Waals surface area contributed by atoms with Gasteiger partial charge >= 0.3 is 5.97 Å². The third-order valence-corrected chi connectivity index (χ3v) is 5.82. The van der Waals surface area contributed by atoms with Crippen LogP contribution in [0.3, 0.4) is 0 Å². The SMILES string of the molecule is CCO/N=C1\CN(c2c(F)cc3c(=O)c(C(=O)O)cn4c3c2[C@H](C)CO4)CCC1NC. The Morgan fingerprint density at radius 2 is 2.26 bits per heavy atom. The Labute approximate surface area is 178 Å². The number of hydrogen-bond donors (Lipinski definition) is 2. The first-order valence-corrected chi connectivity index (χ1v) is 10.3. The van der Waals surface area contributed by atoms with Crippen molar-refractivity contribution in [2.45, 2.75) is 32.2 Å². The maximum absolute atomic E-state index is 15.5. The van der Waals surface area contributed by atoms with Crippen molar-refractivity contribution in [2.24, 2.45) is 5.16 Å². The van der Waals surface area contributed by atoms with Crippen molar-refractivity contribution in [3.8, 4) is 0 Å². The molecule has 1 fully saturated rings. The summed E-state index contributed by atoms with van der Waals surface area (Å²) in [5.41, 5.74) is 1.01. The van der Waals surface area contributed by atoms with Crippen LogP contribution >= 0.6 is 0 Å². The molecule has 1 aromatic heterocycles. The molecule has 2 N–H and O–H groups in total. The van der Waals surface area contributed by atoms with E-state index in [1.54, 1.807) is 0 Å². The summed E-state index contributed by atoms with van der Waals surface area (Å²) in [4.78, 5) is 37.0. The molecule has 0 saturated carbocycles. The van der Waals surface area contributed by atoms with Crippen LogP contribution in [0.4, 0.5) is 10.1 Å². The van der Waals surface area contributed by atoms with Crippen LogP contribution < -0.4 is 20.5 Å². The Hall–Kier alpha value is -3.14. The Morgan fingerprint density at radius 1 is 1.48 bits per heavy atom. The summed E-state index contributed by atoms with van der Waals surface area (Å²) in [6, 6.07) is 1.14. The molecule has 0 aliphatic carbocycles. The monoisotopic (exact) mass is 432 g/mol. The Kier molecular flexibility index (Phi) is 5.57. The van der Waals surface area contributed by atoms with Gasteiger partial charge in [0.15, 0.2) is 0 Å². The largest absolute Gasteiger partial charge is 0.477 e. The molecule has 9 nitrogen and oxygen atoms in total. The lowest BCUT2D eigenvalue weighted by molar-refractivity contribution is 0.0681. The van der Waals surface area contributed by atoms with Gasteiger partial charge in [-0.05, 0) is 26.5 Å². The summed E-state index contributed by atoms with van der Waals surface area (Å²) in [5.74, 6) is -2.14. The number of carboxylic acids is 1. The highest BCUT2D eigenvalue weighted by atomic mass is 19.1. The molecule has 2 atom stereocenters. The molecule has 0 bridgehead atoms. The van der Waals surface area contributed by atoms with Crippen molar-refractivity contribution in [2.75, 3.05) is 38.3 Å². The van der Waals surface area contributed by atoms with E-state index in [-0.39, 0.29) is 24.0 Å². The van der Waals surface area contributed by atoms with Gasteiger partial charge in [0.25, 0.3) is 0 Å². The van der Waals surface area contributed by atoms with Crippen molar-refractivity contribution >= 4 is 28.3 Å². The predicted octanol–water partition coefficient (Wildman–Crippen LogP) is 1.58. The van der Waals surface area contributed by atoms with E-state index in [4.69, 9.17) is 9.68 Å². The highest BCUT2D eigenvalue weighted by molar-refractivity contribution is 5.98. The van der Waals surface area contributed by atoms with Gasteiger partial charge in [0.1, 0.15) is 24.6 Å². The van der Waals surface area contributed by atoms with Gasteiger partial charge in [0, 0.05) is 18.0 Å². The van der Waals surface area contributed by atoms with Gasteiger partial charge < -0.3 is 25.0 Å². The molecule has 2 aliphatic rings. The van der Waals surface area contributed by atoms with Crippen LogP contribution in [0.2, 0.25) is 0 Å². The minimum atomic E-state index is -1.38. The molecule has 0 amide bonds. The molecule has 166 valence electrons. The number of oxime groups is 1. The van der Waals surface area contributed by atoms with Gasteiger partial charge in [-0.3, -0.25) is 4.79 Å². The van der Waals surface area contributed by atoms with Gasteiger partial charge in [-0.1, -0.05) is 12.1 Å². The number of pyridine rings is 1. The van der Waals surface area contributed by atoms with Gasteiger partial charge in [-0.2, -0.15) is 4.73 Å². The Morgan fingerprint density at radius 3 is 2.94 bits per heavy atom. The summed E-state index contributed by atoms with van der Waals surface area (Å²) < 4.78 is 16.8. The number of nitrogens with one attached hydrogen (secondary N) is 1. The van der Waals surface area contributed by atoms with E-state index in [9.17, 15) is 14.7 Å². The van der Waals surface area contributed by atoms with Crippen LogP contribution in [0.25, 0.3) is 10.9 Å². The fourth-order valence-corrected chi connectivity index (χ4v) is 4.34. The molecule has 0 spiro atoms. The molecule has 2 aromatic rings. The number of piperidine rings is 1. The van der Waals surface area contributed by atoms with Crippen molar-refractivity contribution in [3.63, 3.8) is 0 Å². The van der Waals surface area contributed by atoms with E-state index in [1.165, 1.54) is 10.9 Å². The van der Waals surface area contributed by atoms with Crippen LogP contribution in [-0.4, -0.2) is 60.9 Å². The minimum Gasteiger partial charge on any atom is -0.477 e. The summed E-state index contributed by atoms with van der Waals surface area (Å²) in [6.07, 6.45) is 1.87. The number of carbonyl (C=O) groups is 1. The van der Waals surface area contributed by atoms with Crippen LogP contribution in [-0.2, 0) is 4.84 Å². The lowest BCUT2D eigenvalue weighted by Gasteiger charge is -2.37. The molecule has 2 aliphatic heterocycles. The number of carboxylic acid groups (broad SMARTS) is 1. The molecule has 0 radical (unpaired) electrons. The highest BCUT2D eigenvalue weighted by Gasteiger charge is 2.33. The first kappa shape index (κ1) is 21.1. The van der Waals surface area contributed by atoms with E-state index in [2.05, 4.69) is 10.5 Å². The first-order valence-electron chi connectivity index (χ1n) is 10.3. The van der Waals surface area contributed by atoms with E-state index in [1.807, 2.05) is 25.8 Å². The smallest absolute Gasteiger partial charge is 0.341 e. The number of nitrogens with zero attached hydrogens (tertiary/aromatic N) is 3. The Balaban J connectivity index is 1.90. The normalized spacial score (nSPS) is 21.9. The maximum Gasteiger partial charge on any atom is 0.341 e. The van der Waals surface area contributed by atoms with Crippen molar-refractivity contribution in [3.05, 3.63) is 39.4 Å². The van der Waals surface area contributed by atoms with Crippen molar-refractivity contribution < 1.29 is 24.0 Å². The lowest BCUT2D eigenvalue weighted by Crippen LogP contribution is -2.50. The summed E-state index contributed by atoms with van der Waals surface area (Å²) >= 11 is 0. The zero-order valence-corrected chi connectivity index (χ0v) is 17.6. The number of aromatic carboxylic acids is 1. The third kappa shape index (κ3) is 3.50. The molecule has 4 rings (SSSR count). The van der Waals surface area contributed by atoms with Crippen LogP contribution in [0, 0.1) is 5.82 Å². The average molecular weight is 432 g/mol. The molecule has 3 heterocycles. The number of rotatable bonds is 5. The number of aromatic nitrogens is 1. The van der Waals surface area contributed by atoms with Gasteiger partial charge in [0.2, 0.25) is 5.43 Å². The van der Waals surface area contributed by atoms with E-state index in [0.29, 0.717) is 42.9 Å². The van der Waals surface area contributed by atoms with Gasteiger partial charge in [0.05, 0.1) is 41.1 Å². The van der Waals surface area contributed by atoms with E-state index in [0.717, 1.165) is 11.8 Å². The zero-order chi connectivity index (χ0) is 22.3. The number of halogens is 1. The number of hydrogen-bond acceptors (Lipinski definition) is 7. The standard InChI is InChI=1S/C21H25FN4O5/c1-4-30-24-16-9-25(6-5-15(16)23-3)19-14(22)7-12-18-17(19)11(2)10-31-26(18)8-13(20(12)27)21(28)29/h7-8,11,15,23H,4-6,9-10H2,1-3H3,(H,28,29)/b24-16+/t11-,15?/m1/s1. The van der Waals surface area contributed by atoms with Crippen molar-refractivity contribution in [1.29, 1.82) is 0 Å². The molecular weight excluding hydrogens is 407 g/mol. The predicted molar refractivity (Wildman–Crippen MR) is 114 cm³/mol. The number of benzene rings is 1. The quantitative estimate of drug-likeness (QED) is 0.691. The summed E-state index contributed by atoms with van der Waals surface area (Å²) in [7, 11) is 1.85. The number of anilines is 1. The fraction of sp³-hybridized carbons (Fsp3) is 0.476. The van der Waals surface area contributed by atoms with Gasteiger partial charge in [-0.15, -0.1) is 0 Å². The molecule has 10 heteroatoms. The zero-order valence-electron chi connectivity index (χ0n) is 17.6. The van der Waals surface area contributed by atoms with E-state index >= 15 is 4.39 Å². The second-order valence-corrected chi connectivity index (χ2v) is 7.77. The topological polar surface area (TPSA) is 105 Å². The third-order valence-electron chi connectivity index (χ3n) is 5.82. The van der Waals surface area contributed by atoms with Gasteiger partial charge in [-0.25, -0.2) is 9.18 Å². The van der Waals surface area contributed by atoms with Crippen LogP contribution in [0.5, 0.6) is 0 Å². The van der Waals surface area contributed by atoms with E-state index < -0.39 is 22.8 Å². The summed E-state index contributed by atoms with van der Waals surface area (Å²) in [5, 5.41) is 16.8.